The van der Waals surface area contributed by atoms with Gasteiger partial charge in [-0.15, -0.1) is 0 Å². The molecule has 0 saturated carbocycles. The molecule has 3 heterocycles. The highest BCUT2D eigenvalue weighted by Crippen LogP contribution is 2.20. The van der Waals surface area contributed by atoms with Crippen LogP contribution in [-0.2, 0) is 6.54 Å². The topological polar surface area (TPSA) is 108 Å². The molecule has 0 aliphatic carbocycles. The van der Waals surface area contributed by atoms with Gasteiger partial charge in [0.25, 0.3) is 0 Å². The lowest BCUT2D eigenvalue weighted by molar-refractivity contribution is 0.336. The number of rotatable bonds is 2. The van der Waals surface area contributed by atoms with Gasteiger partial charge in [-0.3, -0.25) is 0 Å². The molecule has 1 fully saturated rings. The Morgan fingerprint density at radius 1 is 1.28 bits per heavy atom. The molecule has 0 spiro atoms. The summed E-state index contributed by atoms with van der Waals surface area (Å²) < 4.78 is 2.03. The highest BCUT2D eigenvalue weighted by Gasteiger charge is 2.16. The minimum absolute atomic E-state index is 0.201. The summed E-state index contributed by atoms with van der Waals surface area (Å²) in [5.74, 6) is 1.20. The van der Waals surface area contributed by atoms with Crippen molar-refractivity contribution in [1.29, 1.82) is 0 Å². The molecule has 0 amide bonds. The Kier molecular flexibility index (Phi) is 2.75. The van der Waals surface area contributed by atoms with Crippen molar-refractivity contribution in [2.24, 2.45) is 5.92 Å². The highest BCUT2D eigenvalue weighted by atomic mass is 15.2. The molecule has 0 radical (unpaired) electrons. The van der Waals surface area contributed by atoms with Crippen molar-refractivity contribution >= 4 is 22.9 Å². The second kappa shape index (κ2) is 4.41. The third-order valence-corrected chi connectivity index (χ3v) is 3.42. The van der Waals surface area contributed by atoms with Crippen LogP contribution in [0.3, 0.4) is 0 Å². The standard InChI is InChI=1S/C11H17N7/c12-9-8-10(17-11(13)16-9)18(6-15-8)5-7-1-3-14-4-2-7/h6-7,14H,1-5H2,(H4,12,13,16,17). The molecule has 5 N–H and O–H groups in total. The van der Waals surface area contributed by atoms with Crippen LogP contribution in [-0.4, -0.2) is 32.6 Å². The first-order valence-electron chi connectivity index (χ1n) is 6.18. The van der Waals surface area contributed by atoms with Crippen LogP contribution in [0, 0.1) is 5.92 Å². The van der Waals surface area contributed by atoms with Gasteiger partial charge in [-0.05, 0) is 31.8 Å². The van der Waals surface area contributed by atoms with Gasteiger partial charge in [0.1, 0.15) is 5.52 Å². The second-order valence-corrected chi connectivity index (χ2v) is 4.73. The minimum Gasteiger partial charge on any atom is -0.382 e. The third kappa shape index (κ3) is 1.97. The number of nitrogens with two attached hydrogens (primary N) is 2. The predicted octanol–water partition coefficient (Wildman–Crippen LogP) is -0.00970. The van der Waals surface area contributed by atoms with Crippen LogP contribution < -0.4 is 16.8 Å². The van der Waals surface area contributed by atoms with E-state index in [-0.39, 0.29) is 5.95 Å². The summed E-state index contributed by atoms with van der Waals surface area (Å²) in [6, 6.07) is 0. The van der Waals surface area contributed by atoms with Crippen LogP contribution in [0.1, 0.15) is 12.8 Å². The van der Waals surface area contributed by atoms with E-state index >= 15 is 0 Å². The van der Waals surface area contributed by atoms with Gasteiger partial charge in [0.05, 0.1) is 6.33 Å². The maximum Gasteiger partial charge on any atom is 0.224 e. The van der Waals surface area contributed by atoms with Gasteiger partial charge in [0, 0.05) is 6.54 Å². The first kappa shape index (κ1) is 11.2. The van der Waals surface area contributed by atoms with Gasteiger partial charge in [0.15, 0.2) is 11.5 Å². The fraction of sp³-hybridized carbons (Fsp3) is 0.545. The van der Waals surface area contributed by atoms with Crippen LogP contribution >= 0.6 is 0 Å². The van der Waals surface area contributed by atoms with Gasteiger partial charge in [0.2, 0.25) is 5.95 Å². The van der Waals surface area contributed by atoms with E-state index in [0.717, 1.165) is 25.3 Å². The summed E-state index contributed by atoms with van der Waals surface area (Å²) in [5, 5.41) is 3.36. The van der Waals surface area contributed by atoms with Crippen molar-refractivity contribution < 1.29 is 0 Å². The Morgan fingerprint density at radius 3 is 2.83 bits per heavy atom. The zero-order chi connectivity index (χ0) is 12.5. The molecule has 96 valence electrons. The summed E-state index contributed by atoms with van der Waals surface area (Å²) in [6.07, 6.45) is 4.13. The number of hydrogen-bond donors (Lipinski definition) is 3. The van der Waals surface area contributed by atoms with Crippen molar-refractivity contribution in [3.8, 4) is 0 Å². The smallest absolute Gasteiger partial charge is 0.224 e. The number of imidazole rings is 1. The third-order valence-electron chi connectivity index (χ3n) is 3.42. The number of piperidine rings is 1. The lowest BCUT2D eigenvalue weighted by Gasteiger charge is -2.22. The number of nitrogen functional groups attached to an aromatic ring is 2. The number of nitrogens with one attached hydrogen (secondary N) is 1. The molecule has 3 rings (SSSR count). The molecule has 2 aromatic heterocycles. The van der Waals surface area contributed by atoms with Crippen LogP contribution in [0.2, 0.25) is 0 Å². The molecular weight excluding hydrogens is 230 g/mol. The SMILES string of the molecule is Nc1nc(N)c2ncn(CC3CCNCC3)c2n1. The average Bonchev–Trinajstić information content (AvgIpc) is 2.74. The molecule has 18 heavy (non-hydrogen) atoms. The Bertz CT molecular complexity index is 556. The molecule has 0 aromatic carbocycles. The van der Waals surface area contributed by atoms with Crippen LogP contribution in [0.15, 0.2) is 6.33 Å². The zero-order valence-electron chi connectivity index (χ0n) is 10.1. The quantitative estimate of drug-likeness (QED) is 0.689. The lowest BCUT2D eigenvalue weighted by Crippen LogP contribution is -2.29. The van der Waals surface area contributed by atoms with Gasteiger partial charge >= 0.3 is 0 Å². The molecule has 1 saturated heterocycles. The van der Waals surface area contributed by atoms with E-state index in [1.807, 2.05) is 4.57 Å². The molecule has 1 aliphatic rings. The first-order valence-corrected chi connectivity index (χ1v) is 6.18. The Morgan fingerprint density at radius 2 is 2.06 bits per heavy atom. The predicted molar refractivity (Wildman–Crippen MR) is 69.7 cm³/mol. The molecule has 7 nitrogen and oxygen atoms in total. The molecule has 2 aromatic rings. The monoisotopic (exact) mass is 247 g/mol. The largest absolute Gasteiger partial charge is 0.382 e. The fourth-order valence-corrected chi connectivity index (χ4v) is 2.46. The highest BCUT2D eigenvalue weighted by molar-refractivity contribution is 5.82. The van der Waals surface area contributed by atoms with Crippen molar-refractivity contribution in [3.05, 3.63) is 6.33 Å². The van der Waals surface area contributed by atoms with Gasteiger partial charge in [-0.1, -0.05) is 0 Å². The molecule has 0 unspecified atom stereocenters. The summed E-state index contributed by atoms with van der Waals surface area (Å²) in [5.41, 5.74) is 12.8. The summed E-state index contributed by atoms with van der Waals surface area (Å²) >= 11 is 0. The van der Waals surface area contributed by atoms with Crippen molar-refractivity contribution in [2.45, 2.75) is 19.4 Å². The Labute approximate surface area is 105 Å². The van der Waals surface area contributed by atoms with Crippen LogP contribution in [0.5, 0.6) is 0 Å². The van der Waals surface area contributed by atoms with Gasteiger partial charge < -0.3 is 21.4 Å². The number of hydrogen-bond acceptors (Lipinski definition) is 6. The van der Waals surface area contributed by atoms with E-state index in [4.69, 9.17) is 11.5 Å². The van der Waals surface area contributed by atoms with Crippen molar-refractivity contribution in [3.63, 3.8) is 0 Å². The lowest BCUT2D eigenvalue weighted by atomic mass is 9.98. The maximum absolute atomic E-state index is 5.79. The van der Waals surface area contributed by atoms with Crippen molar-refractivity contribution in [2.75, 3.05) is 24.6 Å². The fourth-order valence-electron chi connectivity index (χ4n) is 2.46. The Balaban J connectivity index is 1.92. The number of anilines is 2. The second-order valence-electron chi connectivity index (χ2n) is 4.73. The molecule has 0 atom stereocenters. The van der Waals surface area contributed by atoms with E-state index in [9.17, 15) is 0 Å². The van der Waals surface area contributed by atoms with E-state index < -0.39 is 0 Å². The van der Waals surface area contributed by atoms with Crippen LogP contribution in [0.25, 0.3) is 11.2 Å². The van der Waals surface area contributed by atoms with E-state index in [1.165, 1.54) is 12.8 Å². The maximum atomic E-state index is 5.79. The number of aromatic nitrogens is 4. The zero-order valence-corrected chi connectivity index (χ0v) is 10.1. The number of fused-ring (bicyclic) bond motifs is 1. The van der Waals surface area contributed by atoms with Gasteiger partial charge in [-0.25, -0.2) is 4.98 Å². The van der Waals surface area contributed by atoms with E-state index in [0.29, 0.717) is 17.3 Å². The molecule has 0 bridgehead atoms. The first-order chi connectivity index (χ1) is 8.74. The normalized spacial score (nSPS) is 17.3. The van der Waals surface area contributed by atoms with Crippen LogP contribution in [0.4, 0.5) is 11.8 Å². The molecule has 7 heteroatoms. The summed E-state index contributed by atoms with van der Waals surface area (Å²) in [7, 11) is 0. The van der Waals surface area contributed by atoms with E-state index in [1.54, 1.807) is 6.33 Å². The average molecular weight is 247 g/mol. The number of nitrogens with zero attached hydrogens (tertiary/aromatic N) is 4. The molecule has 1 aliphatic heterocycles. The molecular formula is C11H17N7. The minimum atomic E-state index is 0.201. The Hall–Kier alpha value is -1.89. The van der Waals surface area contributed by atoms with E-state index in [2.05, 4.69) is 20.3 Å². The van der Waals surface area contributed by atoms with Crippen molar-refractivity contribution in [1.82, 2.24) is 24.8 Å². The van der Waals surface area contributed by atoms with Gasteiger partial charge in [-0.2, -0.15) is 9.97 Å². The summed E-state index contributed by atoms with van der Waals surface area (Å²) in [4.78, 5) is 12.4. The summed E-state index contributed by atoms with van der Waals surface area (Å²) in [6.45, 7) is 3.07.